The molecule has 0 aliphatic heterocycles. The van der Waals surface area contributed by atoms with Gasteiger partial charge in [-0.3, -0.25) is 4.79 Å². The lowest BCUT2D eigenvalue weighted by Gasteiger charge is -2.14. The number of benzene rings is 1. The zero-order valence-corrected chi connectivity index (χ0v) is 9.47. The summed E-state index contributed by atoms with van der Waals surface area (Å²) in [6, 6.07) is 7.62. The van der Waals surface area contributed by atoms with Crippen LogP contribution in [-0.2, 0) is 4.79 Å². The van der Waals surface area contributed by atoms with Gasteiger partial charge in [0.15, 0.2) is 0 Å². The van der Waals surface area contributed by atoms with Crippen LogP contribution in [0, 0.1) is 0 Å². The van der Waals surface area contributed by atoms with E-state index in [2.05, 4.69) is 24.3 Å². The molecular weight excluding hydrogens is 204 g/mol. The third-order valence-corrected chi connectivity index (χ3v) is 2.54. The second-order valence-corrected chi connectivity index (χ2v) is 3.63. The number of rotatable bonds is 4. The number of oxime groups is 1. The lowest BCUT2D eigenvalue weighted by Crippen LogP contribution is -2.14. The van der Waals surface area contributed by atoms with E-state index in [4.69, 9.17) is 5.21 Å². The van der Waals surface area contributed by atoms with Crippen LogP contribution in [-0.4, -0.2) is 17.3 Å². The number of carbonyl (C=O) groups is 1. The molecule has 1 rings (SSSR count). The number of hydrogen-bond donors (Lipinski definition) is 2. The minimum Gasteiger partial charge on any atom is -0.411 e. The summed E-state index contributed by atoms with van der Waals surface area (Å²) in [6.07, 6.45) is 1.84. The number of para-hydroxylation sites is 1. The first kappa shape index (κ1) is 12.2. The summed E-state index contributed by atoms with van der Waals surface area (Å²) < 4.78 is 0. The second-order valence-electron chi connectivity index (χ2n) is 3.63. The lowest BCUT2D eigenvalue weighted by atomic mass is 9.97. The van der Waals surface area contributed by atoms with Crippen molar-refractivity contribution in [2.45, 2.75) is 26.2 Å². The predicted octanol–water partition coefficient (Wildman–Crippen LogP) is 2.60. The fraction of sp³-hybridized carbons (Fsp3) is 0.333. The highest BCUT2D eigenvalue weighted by Crippen LogP contribution is 2.26. The Morgan fingerprint density at radius 3 is 2.88 bits per heavy atom. The summed E-state index contributed by atoms with van der Waals surface area (Å²) in [7, 11) is 0. The molecule has 0 radical (unpaired) electrons. The summed E-state index contributed by atoms with van der Waals surface area (Å²) in [5, 5.41) is 13.6. The third-order valence-electron chi connectivity index (χ3n) is 2.54. The Kier molecular flexibility index (Phi) is 4.51. The molecule has 0 fully saturated rings. The first-order valence-corrected chi connectivity index (χ1v) is 5.26. The average molecular weight is 220 g/mol. The molecule has 0 bridgehead atoms. The summed E-state index contributed by atoms with van der Waals surface area (Å²) in [4.78, 5) is 11.3. The van der Waals surface area contributed by atoms with E-state index in [0.29, 0.717) is 5.92 Å². The van der Waals surface area contributed by atoms with Gasteiger partial charge in [-0.15, -0.1) is 0 Å². The van der Waals surface area contributed by atoms with Crippen LogP contribution >= 0.6 is 0 Å². The van der Waals surface area contributed by atoms with Crippen LogP contribution in [0.25, 0.3) is 0 Å². The third kappa shape index (κ3) is 3.08. The summed E-state index contributed by atoms with van der Waals surface area (Å²) in [5.41, 5.74) is 1.85. The number of hydrogen-bond acceptors (Lipinski definition) is 3. The molecule has 16 heavy (non-hydrogen) atoms. The Hall–Kier alpha value is -1.84. The normalized spacial score (nSPS) is 12.6. The van der Waals surface area contributed by atoms with Crippen molar-refractivity contribution in [3.05, 3.63) is 29.8 Å². The van der Waals surface area contributed by atoms with Crippen molar-refractivity contribution in [1.82, 2.24) is 0 Å². The maximum Gasteiger partial charge on any atom is 0.270 e. The number of carbonyl (C=O) groups excluding carboxylic acids is 1. The van der Waals surface area contributed by atoms with Gasteiger partial charge in [-0.2, -0.15) is 0 Å². The highest BCUT2D eigenvalue weighted by atomic mass is 16.4. The van der Waals surface area contributed by atoms with Crippen molar-refractivity contribution < 1.29 is 10.0 Å². The zero-order chi connectivity index (χ0) is 12.0. The Labute approximate surface area is 95.0 Å². The minimum atomic E-state index is -0.432. The molecule has 0 aromatic heterocycles. The fourth-order valence-corrected chi connectivity index (χ4v) is 1.48. The molecule has 1 amide bonds. The molecule has 1 aromatic carbocycles. The summed E-state index contributed by atoms with van der Waals surface area (Å²) >= 11 is 0. The van der Waals surface area contributed by atoms with Crippen LogP contribution in [0.4, 0.5) is 5.69 Å². The Bertz CT molecular complexity index is 388. The molecule has 0 heterocycles. The SMILES string of the molecule is CCC(C)c1ccccc1NC(=O)C=NO. The molecule has 0 aliphatic carbocycles. The van der Waals surface area contributed by atoms with Crippen molar-refractivity contribution in [2.24, 2.45) is 5.16 Å². The molecule has 0 saturated carbocycles. The van der Waals surface area contributed by atoms with Gasteiger partial charge in [0.1, 0.15) is 6.21 Å². The van der Waals surface area contributed by atoms with Gasteiger partial charge < -0.3 is 10.5 Å². The van der Waals surface area contributed by atoms with Crippen LogP contribution in [0.5, 0.6) is 0 Å². The predicted molar refractivity (Wildman–Crippen MR) is 64.1 cm³/mol. The zero-order valence-electron chi connectivity index (χ0n) is 9.47. The standard InChI is InChI=1S/C12H16N2O2/c1-3-9(2)10-6-4-5-7-11(10)14-12(15)8-13-16/h4-9,16H,3H2,1-2H3,(H,14,15). The Balaban J connectivity index is 2.90. The number of nitrogens with zero attached hydrogens (tertiary/aromatic N) is 1. The van der Waals surface area contributed by atoms with Gasteiger partial charge in [0.05, 0.1) is 0 Å². The van der Waals surface area contributed by atoms with Crippen molar-refractivity contribution in [1.29, 1.82) is 0 Å². The van der Waals surface area contributed by atoms with Crippen LogP contribution < -0.4 is 5.32 Å². The van der Waals surface area contributed by atoms with E-state index in [9.17, 15) is 4.79 Å². The molecule has 1 unspecified atom stereocenters. The largest absolute Gasteiger partial charge is 0.411 e. The van der Waals surface area contributed by atoms with E-state index in [-0.39, 0.29) is 0 Å². The van der Waals surface area contributed by atoms with Gasteiger partial charge in [-0.25, -0.2) is 0 Å². The van der Waals surface area contributed by atoms with Gasteiger partial charge in [-0.05, 0) is 24.0 Å². The summed E-state index contributed by atoms with van der Waals surface area (Å²) in [5.74, 6) is -0.0548. The van der Waals surface area contributed by atoms with Gasteiger partial charge >= 0.3 is 0 Å². The van der Waals surface area contributed by atoms with Crippen LogP contribution in [0.3, 0.4) is 0 Å². The van der Waals surface area contributed by atoms with E-state index in [1.54, 1.807) is 0 Å². The van der Waals surface area contributed by atoms with E-state index in [0.717, 1.165) is 23.9 Å². The van der Waals surface area contributed by atoms with Gasteiger partial charge in [0.25, 0.3) is 5.91 Å². The minimum absolute atomic E-state index is 0.377. The van der Waals surface area contributed by atoms with Crippen LogP contribution in [0.15, 0.2) is 29.4 Å². The maximum absolute atomic E-state index is 11.3. The number of nitrogens with one attached hydrogen (secondary N) is 1. The monoisotopic (exact) mass is 220 g/mol. The van der Waals surface area contributed by atoms with E-state index in [1.807, 2.05) is 24.3 Å². The van der Waals surface area contributed by atoms with Crippen molar-refractivity contribution >= 4 is 17.8 Å². The van der Waals surface area contributed by atoms with Crippen molar-refractivity contribution in [2.75, 3.05) is 5.32 Å². The second kappa shape index (κ2) is 5.90. The Morgan fingerprint density at radius 2 is 2.25 bits per heavy atom. The molecule has 1 atom stereocenters. The smallest absolute Gasteiger partial charge is 0.270 e. The average Bonchev–Trinajstić information content (AvgIpc) is 2.29. The molecule has 4 heteroatoms. The van der Waals surface area contributed by atoms with E-state index in [1.165, 1.54) is 0 Å². The first-order chi connectivity index (χ1) is 7.69. The molecule has 4 nitrogen and oxygen atoms in total. The maximum atomic E-state index is 11.3. The van der Waals surface area contributed by atoms with Crippen molar-refractivity contribution in [3.8, 4) is 0 Å². The molecule has 0 aliphatic rings. The first-order valence-electron chi connectivity index (χ1n) is 5.26. The van der Waals surface area contributed by atoms with Crippen LogP contribution in [0.2, 0.25) is 0 Å². The van der Waals surface area contributed by atoms with E-state index < -0.39 is 5.91 Å². The molecule has 2 N–H and O–H groups in total. The fourth-order valence-electron chi connectivity index (χ4n) is 1.48. The van der Waals surface area contributed by atoms with Gasteiger partial charge in [0, 0.05) is 5.69 Å². The molecule has 86 valence electrons. The highest BCUT2D eigenvalue weighted by molar-refractivity contribution is 6.31. The summed E-state index contributed by atoms with van der Waals surface area (Å²) in [6.45, 7) is 4.20. The molecular formula is C12H16N2O2. The topological polar surface area (TPSA) is 61.7 Å². The lowest BCUT2D eigenvalue weighted by molar-refractivity contribution is -0.110. The molecule has 0 spiro atoms. The highest BCUT2D eigenvalue weighted by Gasteiger charge is 2.09. The van der Waals surface area contributed by atoms with Gasteiger partial charge in [-0.1, -0.05) is 37.2 Å². The number of anilines is 1. The van der Waals surface area contributed by atoms with E-state index >= 15 is 0 Å². The molecule has 0 saturated heterocycles. The number of amides is 1. The quantitative estimate of drug-likeness (QED) is 0.465. The van der Waals surface area contributed by atoms with Crippen molar-refractivity contribution in [3.63, 3.8) is 0 Å². The Morgan fingerprint density at radius 1 is 1.56 bits per heavy atom. The van der Waals surface area contributed by atoms with Gasteiger partial charge in [0.2, 0.25) is 0 Å². The van der Waals surface area contributed by atoms with Crippen LogP contribution in [0.1, 0.15) is 31.7 Å². The molecule has 1 aromatic rings.